The molecule has 1 saturated heterocycles. The maximum atomic E-state index is 11.9. The van der Waals surface area contributed by atoms with Gasteiger partial charge in [-0.2, -0.15) is 0 Å². The molecule has 98 valence electrons. The third-order valence-corrected chi connectivity index (χ3v) is 5.18. The highest BCUT2D eigenvalue weighted by Crippen LogP contribution is 2.37. The molecule has 0 amide bonds. The molecule has 1 saturated carbocycles. The summed E-state index contributed by atoms with van der Waals surface area (Å²) in [6, 6.07) is 0. The Bertz CT molecular complexity index is 270. The van der Waals surface area contributed by atoms with Gasteiger partial charge in [-0.05, 0) is 44.1 Å². The number of Topliss-reactive ketones (excluding diaryl/α,β-unsaturated/α-hetero) is 1. The van der Waals surface area contributed by atoms with Gasteiger partial charge >= 0.3 is 0 Å². The van der Waals surface area contributed by atoms with E-state index in [1.807, 2.05) is 0 Å². The van der Waals surface area contributed by atoms with Crippen LogP contribution in [0.3, 0.4) is 0 Å². The van der Waals surface area contributed by atoms with Crippen molar-refractivity contribution in [3.8, 4) is 0 Å². The van der Waals surface area contributed by atoms with Crippen LogP contribution in [0.4, 0.5) is 0 Å². The second kappa shape index (κ2) is 5.51. The first-order valence-electron chi connectivity index (χ1n) is 7.44. The van der Waals surface area contributed by atoms with E-state index in [-0.39, 0.29) is 0 Å². The summed E-state index contributed by atoms with van der Waals surface area (Å²) in [5.41, 5.74) is 0.553. The number of rotatable bonds is 4. The van der Waals surface area contributed by atoms with Crippen LogP contribution in [0, 0.1) is 11.3 Å². The van der Waals surface area contributed by atoms with Gasteiger partial charge in [-0.25, -0.2) is 0 Å². The lowest BCUT2D eigenvalue weighted by atomic mass is 9.82. The van der Waals surface area contributed by atoms with E-state index < -0.39 is 0 Å². The summed E-state index contributed by atoms with van der Waals surface area (Å²) < 4.78 is 0. The van der Waals surface area contributed by atoms with E-state index in [4.69, 9.17) is 0 Å². The van der Waals surface area contributed by atoms with Crippen LogP contribution in [0.15, 0.2) is 0 Å². The first-order chi connectivity index (χ1) is 8.19. The molecule has 2 rings (SSSR count). The van der Waals surface area contributed by atoms with Crippen molar-refractivity contribution in [1.82, 2.24) is 4.90 Å². The minimum absolute atomic E-state index is 0.355. The monoisotopic (exact) mass is 237 g/mol. The number of hydrogen-bond donors (Lipinski definition) is 0. The highest BCUT2D eigenvalue weighted by Gasteiger charge is 2.36. The Labute approximate surface area is 106 Å². The van der Waals surface area contributed by atoms with Gasteiger partial charge in [0.05, 0.1) is 0 Å². The van der Waals surface area contributed by atoms with Crippen molar-refractivity contribution >= 4 is 5.78 Å². The van der Waals surface area contributed by atoms with Gasteiger partial charge in [0, 0.05) is 25.4 Å². The van der Waals surface area contributed by atoms with E-state index >= 15 is 0 Å². The normalized spacial score (nSPS) is 29.8. The van der Waals surface area contributed by atoms with Crippen LogP contribution in [0.25, 0.3) is 0 Å². The zero-order valence-electron chi connectivity index (χ0n) is 11.5. The molecule has 17 heavy (non-hydrogen) atoms. The molecule has 1 heterocycles. The fourth-order valence-electron chi connectivity index (χ4n) is 3.57. The SMILES string of the molecule is CCC1(CC)CCN(CC2CCCCC2=O)C1. The lowest BCUT2D eigenvalue weighted by Gasteiger charge is -2.29. The molecule has 0 aromatic heterocycles. The predicted octanol–water partition coefficient (Wildman–Crippen LogP) is 3.26. The van der Waals surface area contributed by atoms with E-state index in [0.717, 1.165) is 25.8 Å². The Hall–Kier alpha value is -0.370. The Kier molecular flexibility index (Phi) is 4.24. The predicted molar refractivity (Wildman–Crippen MR) is 71.0 cm³/mol. The van der Waals surface area contributed by atoms with Crippen molar-refractivity contribution in [2.24, 2.45) is 11.3 Å². The fourth-order valence-corrected chi connectivity index (χ4v) is 3.57. The molecule has 0 N–H and O–H groups in total. The standard InChI is InChI=1S/C15H27NO/c1-3-15(4-2)9-10-16(12-15)11-13-7-5-6-8-14(13)17/h13H,3-12H2,1-2H3. The Morgan fingerprint density at radius 2 is 2.06 bits per heavy atom. The van der Waals surface area contributed by atoms with Crippen molar-refractivity contribution in [2.75, 3.05) is 19.6 Å². The van der Waals surface area contributed by atoms with Gasteiger partial charge in [0.15, 0.2) is 0 Å². The van der Waals surface area contributed by atoms with E-state index in [2.05, 4.69) is 18.7 Å². The van der Waals surface area contributed by atoms with Gasteiger partial charge in [-0.15, -0.1) is 0 Å². The second-order valence-electron chi connectivity index (χ2n) is 6.10. The molecule has 1 aliphatic carbocycles. The van der Waals surface area contributed by atoms with E-state index in [1.54, 1.807) is 0 Å². The molecule has 2 fully saturated rings. The van der Waals surface area contributed by atoms with Crippen LogP contribution in [-0.2, 0) is 4.79 Å². The molecule has 1 aliphatic heterocycles. The van der Waals surface area contributed by atoms with Crippen molar-refractivity contribution < 1.29 is 4.79 Å². The summed E-state index contributed by atoms with van der Waals surface area (Å²) in [7, 11) is 0. The topological polar surface area (TPSA) is 20.3 Å². The molecule has 0 aromatic rings. The number of nitrogens with zero attached hydrogens (tertiary/aromatic N) is 1. The van der Waals surface area contributed by atoms with E-state index in [9.17, 15) is 4.79 Å². The lowest BCUT2D eigenvalue weighted by Crippen LogP contribution is -2.35. The van der Waals surface area contributed by atoms with Gasteiger partial charge in [0.2, 0.25) is 0 Å². The maximum Gasteiger partial charge on any atom is 0.137 e. The zero-order chi connectivity index (χ0) is 12.3. The van der Waals surface area contributed by atoms with Crippen LogP contribution in [-0.4, -0.2) is 30.3 Å². The molecule has 1 unspecified atom stereocenters. The van der Waals surface area contributed by atoms with Crippen LogP contribution in [0.5, 0.6) is 0 Å². The van der Waals surface area contributed by atoms with Gasteiger partial charge < -0.3 is 4.90 Å². The number of hydrogen-bond acceptors (Lipinski definition) is 2. The number of ketones is 1. The Morgan fingerprint density at radius 1 is 1.29 bits per heavy atom. The van der Waals surface area contributed by atoms with Gasteiger partial charge in [0.1, 0.15) is 5.78 Å². The van der Waals surface area contributed by atoms with Crippen molar-refractivity contribution in [2.45, 2.75) is 58.8 Å². The maximum absolute atomic E-state index is 11.9. The number of carbonyl (C=O) groups excluding carboxylic acids is 1. The van der Waals surface area contributed by atoms with Crippen LogP contribution < -0.4 is 0 Å². The molecule has 2 nitrogen and oxygen atoms in total. The van der Waals surface area contributed by atoms with Gasteiger partial charge in [0.25, 0.3) is 0 Å². The van der Waals surface area contributed by atoms with E-state index in [1.165, 1.54) is 38.8 Å². The minimum atomic E-state index is 0.355. The zero-order valence-corrected chi connectivity index (χ0v) is 11.5. The molecular formula is C15H27NO. The second-order valence-corrected chi connectivity index (χ2v) is 6.10. The molecule has 0 spiro atoms. The molecule has 2 heteroatoms. The summed E-state index contributed by atoms with van der Waals surface area (Å²) >= 11 is 0. The van der Waals surface area contributed by atoms with Crippen molar-refractivity contribution in [3.05, 3.63) is 0 Å². The summed E-state index contributed by atoms with van der Waals surface area (Å²) in [6.45, 7) is 8.12. The van der Waals surface area contributed by atoms with Crippen molar-refractivity contribution in [1.29, 1.82) is 0 Å². The third-order valence-electron chi connectivity index (χ3n) is 5.18. The average molecular weight is 237 g/mol. The average Bonchev–Trinajstić information content (AvgIpc) is 2.76. The fraction of sp³-hybridized carbons (Fsp3) is 0.933. The molecule has 0 radical (unpaired) electrons. The van der Waals surface area contributed by atoms with Crippen LogP contribution in [0.2, 0.25) is 0 Å². The minimum Gasteiger partial charge on any atom is -0.302 e. The summed E-state index contributed by atoms with van der Waals surface area (Å²) in [6.07, 6.45) is 8.28. The van der Waals surface area contributed by atoms with Gasteiger partial charge in [-0.3, -0.25) is 4.79 Å². The Balaban J connectivity index is 1.86. The quantitative estimate of drug-likeness (QED) is 0.748. The molecule has 1 atom stereocenters. The molecule has 0 aromatic carbocycles. The molecule has 2 aliphatic rings. The van der Waals surface area contributed by atoms with Crippen LogP contribution >= 0.6 is 0 Å². The first kappa shape index (κ1) is 13.1. The lowest BCUT2D eigenvalue weighted by molar-refractivity contribution is -0.125. The van der Waals surface area contributed by atoms with E-state index in [0.29, 0.717) is 17.1 Å². The number of carbonyl (C=O) groups is 1. The summed E-state index contributed by atoms with van der Waals surface area (Å²) in [5, 5.41) is 0. The largest absolute Gasteiger partial charge is 0.302 e. The first-order valence-corrected chi connectivity index (χ1v) is 7.44. The Morgan fingerprint density at radius 3 is 2.65 bits per heavy atom. The third kappa shape index (κ3) is 2.90. The smallest absolute Gasteiger partial charge is 0.137 e. The molecule has 0 bridgehead atoms. The van der Waals surface area contributed by atoms with Crippen molar-refractivity contribution in [3.63, 3.8) is 0 Å². The summed E-state index contributed by atoms with van der Waals surface area (Å²) in [4.78, 5) is 14.4. The van der Waals surface area contributed by atoms with Crippen LogP contribution in [0.1, 0.15) is 58.8 Å². The number of likely N-dealkylation sites (tertiary alicyclic amines) is 1. The highest BCUT2D eigenvalue weighted by molar-refractivity contribution is 5.81. The summed E-state index contributed by atoms with van der Waals surface area (Å²) in [5.74, 6) is 0.884. The molecular weight excluding hydrogens is 210 g/mol. The van der Waals surface area contributed by atoms with Gasteiger partial charge in [-0.1, -0.05) is 20.3 Å². The highest BCUT2D eigenvalue weighted by atomic mass is 16.1.